The summed E-state index contributed by atoms with van der Waals surface area (Å²) in [6.45, 7) is 5.80. The van der Waals surface area contributed by atoms with E-state index in [2.05, 4.69) is 10.0 Å². The standard InChI is InChI=1S/C13H25N3O3S/c1-5-11(10-19-4)15-20(17,18)13-7-12(8-14-6-2)16(3)9-13/h7,9,11,14-15H,5-6,8,10H2,1-4H3. The zero-order valence-electron chi connectivity index (χ0n) is 12.6. The van der Waals surface area contributed by atoms with Crippen LogP contribution in [0.25, 0.3) is 0 Å². The van der Waals surface area contributed by atoms with Crippen LogP contribution in [0.2, 0.25) is 0 Å². The van der Waals surface area contributed by atoms with Gasteiger partial charge in [-0.15, -0.1) is 0 Å². The molecule has 0 aliphatic carbocycles. The molecular weight excluding hydrogens is 278 g/mol. The molecule has 0 radical (unpaired) electrons. The van der Waals surface area contributed by atoms with Crippen LogP contribution in [0.15, 0.2) is 17.2 Å². The van der Waals surface area contributed by atoms with Crippen LogP contribution in [-0.2, 0) is 28.4 Å². The molecule has 2 N–H and O–H groups in total. The molecule has 0 spiro atoms. The molecule has 0 aliphatic rings. The maximum atomic E-state index is 12.3. The van der Waals surface area contributed by atoms with E-state index in [9.17, 15) is 8.42 Å². The number of nitrogens with one attached hydrogen (secondary N) is 2. The molecule has 1 aromatic heterocycles. The lowest BCUT2D eigenvalue weighted by Gasteiger charge is -2.15. The number of hydrogen-bond acceptors (Lipinski definition) is 4. The molecule has 1 atom stereocenters. The lowest BCUT2D eigenvalue weighted by molar-refractivity contribution is 0.173. The molecule has 6 nitrogen and oxygen atoms in total. The maximum Gasteiger partial charge on any atom is 0.242 e. The summed E-state index contributed by atoms with van der Waals surface area (Å²) in [7, 11) is -0.0902. The van der Waals surface area contributed by atoms with E-state index in [1.165, 1.54) is 0 Å². The van der Waals surface area contributed by atoms with Gasteiger partial charge in [0.05, 0.1) is 11.5 Å². The van der Waals surface area contributed by atoms with Crippen molar-refractivity contribution in [2.24, 2.45) is 7.05 Å². The van der Waals surface area contributed by atoms with Gasteiger partial charge in [0.2, 0.25) is 10.0 Å². The smallest absolute Gasteiger partial charge is 0.242 e. The second-order valence-electron chi connectivity index (χ2n) is 4.74. The van der Waals surface area contributed by atoms with E-state index in [0.29, 0.717) is 24.5 Å². The molecule has 1 unspecified atom stereocenters. The highest BCUT2D eigenvalue weighted by atomic mass is 32.2. The Bertz CT molecular complexity index is 511. The van der Waals surface area contributed by atoms with Gasteiger partial charge in [-0.25, -0.2) is 13.1 Å². The van der Waals surface area contributed by atoms with Gasteiger partial charge in [-0.05, 0) is 19.0 Å². The molecule has 0 amide bonds. The molecule has 0 saturated carbocycles. The predicted molar refractivity (Wildman–Crippen MR) is 79.1 cm³/mol. The van der Waals surface area contributed by atoms with E-state index in [1.807, 2.05) is 25.5 Å². The van der Waals surface area contributed by atoms with Crippen molar-refractivity contribution in [3.8, 4) is 0 Å². The second kappa shape index (κ2) is 7.78. The van der Waals surface area contributed by atoms with E-state index in [4.69, 9.17) is 4.74 Å². The van der Waals surface area contributed by atoms with Gasteiger partial charge in [0, 0.05) is 38.6 Å². The second-order valence-corrected chi connectivity index (χ2v) is 6.45. The molecule has 1 aromatic rings. The molecule has 116 valence electrons. The summed E-state index contributed by atoms with van der Waals surface area (Å²) in [6, 6.07) is 1.49. The third kappa shape index (κ3) is 4.59. The van der Waals surface area contributed by atoms with Gasteiger partial charge in [0.25, 0.3) is 0 Å². The fourth-order valence-electron chi connectivity index (χ4n) is 1.88. The third-order valence-electron chi connectivity index (χ3n) is 3.13. The number of aromatic nitrogens is 1. The lowest BCUT2D eigenvalue weighted by atomic mass is 10.3. The van der Waals surface area contributed by atoms with Gasteiger partial charge in [0.15, 0.2) is 0 Å². The first-order chi connectivity index (χ1) is 9.44. The Kier molecular flexibility index (Phi) is 6.67. The van der Waals surface area contributed by atoms with Gasteiger partial charge in [0.1, 0.15) is 0 Å². The number of methoxy groups -OCH3 is 1. The molecule has 7 heteroatoms. The van der Waals surface area contributed by atoms with Gasteiger partial charge < -0.3 is 14.6 Å². The van der Waals surface area contributed by atoms with Crippen molar-refractivity contribution in [2.45, 2.75) is 37.8 Å². The average molecular weight is 303 g/mol. The van der Waals surface area contributed by atoms with Crippen LogP contribution in [0.4, 0.5) is 0 Å². The van der Waals surface area contributed by atoms with Crippen molar-refractivity contribution < 1.29 is 13.2 Å². The number of rotatable bonds is 9. The zero-order chi connectivity index (χ0) is 15.2. The summed E-state index contributed by atoms with van der Waals surface area (Å²) in [5.41, 5.74) is 0.937. The van der Waals surface area contributed by atoms with Crippen molar-refractivity contribution in [3.63, 3.8) is 0 Å². The Morgan fingerprint density at radius 1 is 1.40 bits per heavy atom. The summed E-state index contributed by atoms with van der Waals surface area (Å²) >= 11 is 0. The normalized spacial score (nSPS) is 13.6. The molecule has 1 rings (SSSR count). The minimum absolute atomic E-state index is 0.206. The average Bonchev–Trinajstić information content (AvgIpc) is 2.78. The molecule has 1 heterocycles. The molecule has 20 heavy (non-hydrogen) atoms. The van der Waals surface area contributed by atoms with E-state index < -0.39 is 10.0 Å². The number of aryl methyl sites for hydroxylation is 1. The molecule has 0 saturated heterocycles. The molecule has 0 aromatic carbocycles. The van der Waals surface area contributed by atoms with Crippen LogP contribution in [0.1, 0.15) is 26.0 Å². The quantitative estimate of drug-likeness (QED) is 0.709. The van der Waals surface area contributed by atoms with Crippen LogP contribution in [0.3, 0.4) is 0 Å². The van der Waals surface area contributed by atoms with Crippen LogP contribution in [0, 0.1) is 0 Å². The first kappa shape index (κ1) is 17.2. The fourth-order valence-corrected chi connectivity index (χ4v) is 3.27. The number of ether oxygens (including phenoxy) is 1. The Hall–Kier alpha value is -0.890. The fraction of sp³-hybridized carbons (Fsp3) is 0.692. The van der Waals surface area contributed by atoms with Crippen molar-refractivity contribution in [1.29, 1.82) is 0 Å². The number of hydrogen-bond donors (Lipinski definition) is 2. The first-order valence-electron chi connectivity index (χ1n) is 6.81. The summed E-state index contributed by atoms with van der Waals surface area (Å²) < 4.78 is 34.1. The van der Waals surface area contributed by atoms with E-state index in [0.717, 1.165) is 12.2 Å². The minimum Gasteiger partial charge on any atom is -0.383 e. The van der Waals surface area contributed by atoms with Crippen molar-refractivity contribution in [2.75, 3.05) is 20.3 Å². The predicted octanol–water partition coefficient (Wildman–Crippen LogP) is 0.838. The Morgan fingerprint density at radius 2 is 2.10 bits per heavy atom. The van der Waals surface area contributed by atoms with E-state index in [1.54, 1.807) is 19.4 Å². The van der Waals surface area contributed by atoms with Gasteiger partial charge in [-0.3, -0.25) is 0 Å². The van der Waals surface area contributed by atoms with Crippen LogP contribution in [0.5, 0.6) is 0 Å². The summed E-state index contributed by atoms with van der Waals surface area (Å²) in [6.07, 6.45) is 2.32. The Labute approximate surface area is 121 Å². The maximum absolute atomic E-state index is 12.3. The lowest BCUT2D eigenvalue weighted by Crippen LogP contribution is -2.37. The minimum atomic E-state index is -3.50. The van der Waals surface area contributed by atoms with Crippen LogP contribution in [-0.4, -0.2) is 39.3 Å². The number of sulfonamides is 1. The summed E-state index contributed by atoms with van der Waals surface area (Å²) in [5, 5.41) is 3.19. The van der Waals surface area contributed by atoms with Gasteiger partial charge >= 0.3 is 0 Å². The molecule has 0 aliphatic heterocycles. The van der Waals surface area contributed by atoms with Crippen LogP contribution < -0.4 is 10.0 Å². The largest absolute Gasteiger partial charge is 0.383 e. The topological polar surface area (TPSA) is 72.4 Å². The monoisotopic (exact) mass is 303 g/mol. The molecular formula is C13H25N3O3S. The molecule has 0 bridgehead atoms. The summed E-state index contributed by atoms with van der Waals surface area (Å²) in [4.78, 5) is 0.294. The van der Waals surface area contributed by atoms with E-state index >= 15 is 0 Å². The Morgan fingerprint density at radius 3 is 2.65 bits per heavy atom. The highest BCUT2D eigenvalue weighted by molar-refractivity contribution is 7.89. The number of nitrogens with zero attached hydrogens (tertiary/aromatic N) is 1. The van der Waals surface area contributed by atoms with Crippen molar-refractivity contribution >= 4 is 10.0 Å². The summed E-state index contributed by atoms with van der Waals surface area (Å²) in [5.74, 6) is 0. The van der Waals surface area contributed by atoms with Gasteiger partial charge in [-0.2, -0.15) is 0 Å². The van der Waals surface area contributed by atoms with Crippen molar-refractivity contribution in [1.82, 2.24) is 14.6 Å². The first-order valence-corrected chi connectivity index (χ1v) is 8.30. The third-order valence-corrected chi connectivity index (χ3v) is 4.62. The highest BCUT2D eigenvalue weighted by Crippen LogP contribution is 2.14. The SMILES string of the molecule is CCNCc1cc(S(=O)(=O)NC(CC)COC)cn1C. The van der Waals surface area contributed by atoms with Crippen LogP contribution >= 0.6 is 0 Å². The zero-order valence-corrected chi connectivity index (χ0v) is 13.5. The highest BCUT2D eigenvalue weighted by Gasteiger charge is 2.21. The molecule has 0 fully saturated rings. The Balaban J connectivity index is 2.86. The van der Waals surface area contributed by atoms with Crippen molar-refractivity contribution in [3.05, 3.63) is 18.0 Å². The van der Waals surface area contributed by atoms with E-state index in [-0.39, 0.29) is 6.04 Å². The van der Waals surface area contributed by atoms with Gasteiger partial charge in [-0.1, -0.05) is 13.8 Å².